The van der Waals surface area contributed by atoms with Crippen LogP contribution in [0.25, 0.3) is 0 Å². The molecule has 2 aromatic rings. The fourth-order valence-corrected chi connectivity index (χ4v) is 3.44. The molecule has 28 heavy (non-hydrogen) atoms. The van der Waals surface area contributed by atoms with Crippen molar-refractivity contribution >= 4 is 40.9 Å². The SMILES string of the molecule is CSc1cccc(N2C[C@@H](C(=O)OCC(=O)Nc3ccc(C)cc3)CC2=O)c1. The molecule has 146 valence electrons. The van der Waals surface area contributed by atoms with Crippen LogP contribution in [0.15, 0.2) is 53.4 Å². The fourth-order valence-electron chi connectivity index (χ4n) is 2.98. The minimum Gasteiger partial charge on any atom is -0.455 e. The number of hydrogen-bond acceptors (Lipinski definition) is 5. The fraction of sp³-hybridized carbons (Fsp3) is 0.286. The van der Waals surface area contributed by atoms with Crippen molar-refractivity contribution in [2.75, 3.05) is 29.6 Å². The van der Waals surface area contributed by atoms with Crippen LogP contribution >= 0.6 is 11.8 Å². The molecule has 1 N–H and O–H groups in total. The van der Waals surface area contributed by atoms with Gasteiger partial charge in [-0.2, -0.15) is 0 Å². The molecular formula is C21H22N2O4S. The number of thioether (sulfide) groups is 1. The van der Waals surface area contributed by atoms with E-state index < -0.39 is 17.8 Å². The lowest BCUT2D eigenvalue weighted by molar-refractivity contribution is -0.151. The molecule has 1 aliphatic heterocycles. The number of benzene rings is 2. The van der Waals surface area contributed by atoms with E-state index in [2.05, 4.69) is 5.32 Å². The first-order valence-corrected chi connectivity index (χ1v) is 10.2. The molecule has 0 radical (unpaired) electrons. The van der Waals surface area contributed by atoms with Crippen LogP contribution in [0.2, 0.25) is 0 Å². The topological polar surface area (TPSA) is 75.7 Å². The number of anilines is 2. The second-order valence-corrected chi connectivity index (χ2v) is 7.51. The number of carbonyl (C=O) groups excluding carboxylic acids is 3. The van der Waals surface area contributed by atoms with Gasteiger partial charge in [0.15, 0.2) is 6.61 Å². The first-order chi connectivity index (χ1) is 13.5. The van der Waals surface area contributed by atoms with Crippen LogP contribution in [-0.2, 0) is 19.1 Å². The van der Waals surface area contributed by atoms with Crippen molar-refractivity contribution in [1.82, 2.24) is 0 Å². The lowest BCUT2D eigenvalue weighted by atomic mass is 10.1. The van der Waals surface area contributed by atoms with Crippen LogP contribution < -0.4 is 10.2 Å². The zero-order valence-corrected chi connectivity index (χ0v) is 16.6. The third-order valence-electron chi connectivity index (χ3n) is 4.50. The standard InChI is InChI=1S/C21H22N2O4S/c1-14-6-8-16(9-7-14)22-19(24)13-27-21(26)15-10-20(25)23(12-15)17-4-3-5-18(11-17)28-2/h3-9,11,15H,10,12-13H2,1-2H3,(H,22,24)/t15-/m0/s1. The van der Waals surface area contributed by atoms with Gasteiger partial charge in [-0.05, 0) is 43.5 Å². The maximum Gasteiger partial charge on any atom is 0.311 e. The average Bonchev–Trinajstić information content (AvgIpc) is 3.10. The van der Waals surface area contributed by atoms with Crippen molar-refractivity contribution in [3.05, 3.63) is 54.1 Å². The van der Waals surface area contributed by atoms with Crippen LogP contribution in [-0.4, -0.2) is 37.2 Å². The highest BCUT2D eigenvalue weighted by molar-refractivity contribution is 7.98. The van der Waals surface area contributed by atoms with E-state index in [0.717, 1.165) is 16.1 Å². The van der Waals surface area contributed by atoms with Crippen LogP contribution in [0.3, 0.4) is 0 Å². The number of esters is 1. The third kappa shape index (κ3) is 4.92. The number of rotatable bonds is 6. The summed E-state index contributed by atoms with van der Waals surface area (Å²) < 4.78 is 5.13. The highest BCUT2D eigenvalue weighted by atomic mass is 32.2. The van der Waals surface area contributed by atoms with Gasteiger partial charge in [-0.1, -0.05) is 23.8 Å². The van der Waals surface area contributed by atoms with Crippen LogP contribution in [0.1, 0.15) is 12.0 Å². The molecule has 1 saturated heterocycles. The number of amides is 2. The number of carbonyl (C=O) groups is 3. The molecule has 0 spiro atoms. The Hall–Kier alpha value is -2.80. The minimum absolute atomic E-state index is 0.0852. The summed E-state index contributed by atoms with van der Waals surface area (Å²) in [5, 5.41) is 2.68. The molecule has 7 heteroatoms. The Labute approximate surface area is 168 Å². The van der Waals surface area contributed by atoms with E-state index >= 15 is 0 Å². The summed E-state index contributed by atoms with van der Waals surface area (Å²) in [5.41, 5.74) is 2.50. The molecule has 6 nitrogen and oxygen atoms in total. The van der Waals surface area contributed by atoms with Gasteiger partial charge >= 0.3 is 5.97 Å². The average molecular weight is 398 g/mol. The van der Waals surface area contributed by atoms with E-state index in [1.54, 1.807) is 28.8 Å². The minimum atomic E-state index is -0.572. The molecule has 0 aromatic heterocycles. The molecule has 1 atom stereocenters. The Bertz CT molecular complexity index is 882. The van der Waals surface area contributed by atoms with Crippen molar-refractivity contribution in [2.45, 2.75) is 18.2 Å². The number of nitrogens with one attached hydrogen (secondary N) is 1. The molecule has 1 heterocycles. The summed E-state index contributed by atoms with van der Waals surface area (Å²) in [5.74, 6) is -1.64. The zero-order chi connectivity index (χ0) is 20.1. The molecular weight excluding hydrogens is 376 g/mol. The smallest absolute Gasteiger partial charge is 0.311 e. The number of hydrogen-bond donors (Lipinski definition) is 1. The van der Waals surface area contributed by atoms with Crippen molar-refractivity contribution in [1.29, 1.82) is 0 Å². The van der Waals surface area contributed by atoms with Gasteiger partial charge in [0.2, 0.25) is 5.91 Å². The van der Waals surface area contributed by atoms with Crippen molar-refractivity contribution in [2.24, 2.45) is 5.92 Å². The second-order valence-electron chi connectivity index (χ2n) is 6.63. The molecule has 1 fully saturated rings. The Morgan fingerprint density at radius 1 is 1.21 bits per heavy atom. The maximum atomic E-state index is 12.3. The first-order valence-electron chi connectivity index (χ1n) is 8.94. The quantitative estimate of drug-likeness (QED) is 0.597. The Kier molecular flexibility index (Phi) is 6.36. The Morgan fingerprint density at radius 2 is 1.96 bits per heavy atom. The van der Waals surface area contributed by atoms with Gasteiger partial charge in [0, 0.05) is 29.2 Å². The maximum absolute atomic E-state index is 12.3. The van der Waals surface area contributed by atoms with Crippen molar-refractivity contribution < 1.29 is 19.1 Å². The molecule has 0 saturated carbocycles. The van der Waals surface area contributed by atoms with Crippen LogP contribution in [0.4, 0.5) is 11.4 Å². The van der Waals surface area contributed by atoms with Crippen molar-refractivity contribution in [3.8, 4) is 0 Å². The molecule has 0 bridgehead atoms. The van der Waals surface area contributed by atoms with Gasteiger partial charge in [0.05, 0.1) is 5.92 Å². The predicted molar refractivity (Wildman–Crippen MR) is 109 cm³/mol. The Balaban J connectivity index is 1.52. The zero-order valence-electron chi connectivity index (χ0n) is 15.8. The summed E-state index contributed by atoms with van der Waals surface area (Å²) in [6.07, 6.45) is 2.05. The van der Waals surface area contributed by atoms with E-state index in [-0.39, 0.29) is 25.5 Å². The molecule has 2 aromatic carbocycles. The van der Waals surface area contributed by atoms with Crippen LogP contribution in [0.5, 0.6) is 0 Å². The van der Waals surface area contributed by atoms with Gasteiger partial charge in [-0.15, -0.1) is 11.8 Å². The van der Waals surface area contributed by atoms with E-state index in [0.29, 0.717) is 5.69 Å². The summed E-state index contributed by atoms with van der Waals surface area (Å²) in [6.45, 7) is 1.84. The van der Waals surface area contributed by atoms with Gasteiger partial charge in [-0.3, -0.25) is 14.4 Å². The van der Waals surface area contributed by atoms with Gasteiger partial charge < -0.3 is 15.0 Å². The predicted octanol–water partition coefficient (Wildman–Crippen LogP) is 3.25. The summed E-state index contributed by atoms with van der Waals surface area (Å²) in [4.78, 5) is 39.2. The van der Waals surface area contributed by atoms with Gasteiger partial charge in [0.25, 0.3) is 5.91 Å². The lowest BCUT2D eigenvalue weighted by Crippen LogP contribution is -2.28. The van der Waals surface area contributed by atoms with E-state index in [4.69, 9.17) is 4.74 Å². The Morgan fingerprint density at radius 3 is 2.68 bits per heavy atom. The monoisotopic (exact) mass is 398 g/mol. The number of ether oxygens (including phenoxy) is 1. The van der Waals surface area contributed by atoms with Gasteiger partial charge in [0.1, 0.15) is 0 Å². The largest absolute Gasteiger partial charge is 0.455 e. The summed E-state index contributed by atoms with van der Waals surface area (Å²) in [7, 11) is 0. The van der Waals surface area contributed by atoms with Gasteiger partial charge in [-0.25, -0.2) is 0 Å². The van der Waals surface area contributed by atoms with E-state index in [1.807, 2.05) is 49.6 Å². The highest BCUT2D eigenvalue weighted by Gasteiger charge is 2.36. The summed E-state index contributed by atoms with van der Waals surface area (Å²) in [6, 6.07) is 14.9. The lowest BCUT2D eigenvalue weighted by Gasteiger charge is -2.17. The molecule has 1 aliphatic rings. The third-order valence-corrected chi connectivity index (χ3v) is 5.23. The second kappa shape index (κ2) is 8.93. The van der Waals surface area contributed by atoms with Crippen LogP contribution in [0, 0.1) is 12.8 Å². The first kappa shape index (κ1) is 19.9. The number of nitrogens with zero attached hydrogens (tertiary/aromatic N) is 1. The molecule has 2 amide bonds. The normalized spacial score (nSPS) is 16.1. The number of aryl methyl sites for hydroxylation is 1. The highest BCUT2D eigenvalue weighted by Crippen LogP contribution is 2.28. The van der Waals surface area contributed by atoms with E-state index in [1.165, 1.54) is 0 Å². The molecule has 0 unspecified atom stereocenters. The van der Waals surface area contributed by atoms with Crippen molar-refractivity contribution in [3.63, 3.8) is 0 Å². The van der Waals surface area contributed by atoms with E-state index in [9.17, 15) is 14.4 Å². The molecule has 0 aliphatic carbocycles. The molecule has 3 rings (SSSR count). The summed E-state index contributed by atoms with van der Waals surface area (Å²) >= 11 is 1.59.